The third kappa shape index (κ3) is 9.38. The predicted molar refractivity (Wildman–Crippen MR) is 79.5 cm³/mol. The lowest BCUT2D eigenvalue weighted by molar-refractivity contribution is -0.437. The van der Waals surface area contributed by atoms with Gasteiger partial charge in [0, 0.05) is 0 Å². The van der Waals surface area contributed by atoms with Crippen LogP contribution in [0.2, 0.25) is 0 Å². The van der Waals surface area contributed by atoms with E-state index >= 15 is 0 Å². The Hall–Kier alpha value is 0.220. The number of hydrogen-bond donors (Lipinski definition) is 1. The van der Waals surface area contributed by atoms with Crippen LogP contribution in [-0.4, -0.2) is 11.5 Å². The quantitative estimate of drug-likeness (QED) is 0.315. The molecule has 0 spiro atoms. The van der Waals surface area contributed by atoms with Gasteiger partial charge in [0.2, 0.25) is 0 Å². The highest BCUT2D eigenvalue weighted by Gasteiger charge is 2.45. The molecule has 1 rings (SSSR count). The molecule has 0 radical (unpaired) electrons. The highest BCUT2D eigenvalue weighted by atomic mass is 31.3. The average Bonchev–Trinajstić information content (AvgIpc) is 2.39. The maximum atomic E-state index is 11.7. The van der Waals surface area contributed by atoms with E-state index in [-0.39, 0.29) is 6.61 Å². The van der Waals surface area contributed by atoms with E-state index in [4.69, 9.17) is 9.42 Å². The molecule has 1 fully saturated rings. The highest BCUT2D eigenvalue weighted by Crippen LogP contribution is 2.67. The first-order valence-corrected chi connectivity index (χ1v) is 10.6. The Morgan fingerprint density at radius 2 is 1.55 bits per heavy atom. The summed E-state index contributed by atoms with van der Waals surface area (Å²) < 4.78 is 39.7. The molecule has 0 aromatic rings. The lowest BCUT2D eigenvalue weighted by atomic mass is 10.0. The summed E-state index contributed by atoms with van der Waals surface area (Å²) in [6.45, 7) is 4.56. The Labute approximate surface area is 131 Å². The molecule has 1 N–H and O–H groups in total. The van der Waals surface area contributed by atoms with E-state index in [1.54, 1.807) is 0 Å². The first-order valence-electron chi connectivity index (χ1n) is 7.66. The van der Waals surface area contributed by atoms with Gasteiger partial charge in [0.1, 0.15) is 0 Å². The van der Waals surface area contributed by atoms with Crippen molar-refractivity contribution in [3.8, 4) is 0 Å². The van der Waals surface area contributed by atoms with Crippen molar-refractivity contribution in [3.05, 3.63) is 0 Å². The van der Waals surface area contributed by atoms with Crippen LogP contribution in [0.15, 0.2) is 0 Å². The molecule has 0 amide bonds. The van der Waals surface area contributed by atoms with Crippen LogP contribution in [0.1, 0.15) is 65.2 Å². The molecular weight excluding hydrogens is 334 g/mol. The van der Waals surface area contributed by atoms with E-state index in [0.29, 0.717) is 6.42 Å². The third-order valence-electron chi connectivity index (χ3n) is 3.12. The third-order valence-corrected chi connectivity index (χ3v) is 5.74. The fourth-order valence-electron chi connectivity index (χ4n) is 2.00. The second-order valence-corrected chi connectivity index (χ2v) is 8.75. The summed E-state index contributed by atoms with van der Waals surface area (Å²) in [4.78, 5) is 8.94. The molecule has 0 saturated carbocycles. The predicted octanol–water partition coefficient (Wildman–Crippen LogP) is 4.90. The van der Waals surface area contributed by atoms with Gasteiger partial charge in [-0.3, -0.25) is 4.52 Å². The Bertz CT molecular complexity index is 401. The molecule has 0 aliphatic carbocycles. The Kier molecular flexibility index (Phi) is 9.36. The molecule has 8 nitrogen and oxygen atoms in total. The van der Waals surface area contributed by atoms with Crippen molar-refractivity contribution >= 4 is 15.6 Å². The number of unbranched alkanes of at least 4 members (excludes halogenated alkanes) is 6. The van der Waals surface area contributed by atoms with Gasteiger partial charge in [-0.2, -0.15) is 4.31 Å². The van der Waals surface area contributed by atoms with E-state index in [9.17, 15) is 9.13 Å². The summed E-state index contributed by atoms with van der Waals surface area (Å²) >= 11 is 0. The van der Waals surface area contributed by atoms with Gasteiger partial charge in [-0.1, -0.05) is 68.1 Å². The maximum absolute atomic E-state index is 11.7. The standard InChI is InChI=1S/C12H26O8P2/c1-12(2)10-8-6-4-3-5-7-9-11-16-22(15)19-17-18-21(13,14)20-22/h12H,3-11H2,1-2H3,(H,13,14). The van der Waals surface area contributed by atoms with Crippen LogP contribution in [-0.2, 0) is 32.4 Å². The molecule has 22 heavy (non-hydrogen) atoms. The second-order valence-electron chi connectivity index (χ2n) is 5.71. The van der Waals surface area contributed by atoms with Gasteiger partial charge in [0.05, 0.1) is 6.61 Å². The van der Waals surface area contributed by atoms with E-state index < -0.39 is 15.6 Å². The molecule has 10 heteroatoms. The fraction of sp³-hybridized carbons (Fsp3) is 1.00. The molecule has 132 valence electrons. The first kappa shape index (κ1) is 20.3. The zero-order valence-electron chi connectivity index (χ0n) is 13.1. The van der Waals surface area contributed by atoms with Crippen LogP contribution in [0.3, 0.4) is 0 Å². The Balaban J connectivity index is 1.97. The molecule has 0 aromatic heterocycles. The van der Waals surface area contributed by atoms with Crippen LogP contribution in [0.5, 0.6) is 0 Å². The number of hydrogen-bond acceptors (Lipinski definition) is 7. The molecule has 2 atom stereocenters. The number of phosphoric acid groups is 2. The van der Waals surface area contributed by atoms with Crippen molar-refractivity contribution in [1.82, 2.24) is 0 Å². The van der Waals surface area contributed by atoms with Crippen molar-refractivity contribution in [2.75, 3.05) is 6.61 Å². The SMILES string of the molecule is CC(C)CCCCCCCCCOP1(=O)OOOP(=O)(O)O1. The molecule has 0 bridgehead atoms. The molecule has 1 aliphatic rings. The minimum absolute atomic E-state index is 0.0913. The molecule has 1 heterocycles. The molecule has 0 aromatic carbocycles. The minimum Gasteiger partial charge on any atom is -0.301 e. The number of rotatable bonds is 11. The summed E-state index contributed by atoms with van der Waals surface area (Å²) in [6.07, 6.45) is 8.83. The summed E-state index contributed by atoms with van der Waals surface area (Å²) in [5.74, 6) is 0.771. The van der Waals surface area contributed by atoms with Gasteiger partial charge in [0.15, 0.2) is 0 Å². The van der Waals surface area contributed by atoms with Gasteiger partial charge in [-0.25, -0.2) is 9.13 Å². The molecule has 1 saturated heterocycles. The van der Waals surface area contributed by atoms with Crippen LogP contribution in [0.25, 0.3) is 0 Å². The highest BCUT2D eigenvalue weighted by molar-refractivity contribution is 7.61. The normalized spacial score (nSPS) is 29.1. The van der Waals surface area contributed by atoms with Crippen LogP contribution in [0, 0.1) is 5.92 Å². The van der Waals surface area contributed by atoms with E-state index in [1.807, 2.05) is 0 Å². The van der Waals surface area contributed by atoms with Gasteiger partial charge >= 0.3 is 15.6 Å². The summed E-state index contributed by atoms with van der Waals surface area (Å²) in [5.41, 5.74) is 0. The van der Waals surface area contributed by atoms with Gasteiger partial charge in [-0.05, 0) is 17.4 Å². The van der Waals surface area contributed by atoms with Crippen molar-refractivity contribution in [2.45, 2.75) is 65.2 Å². The minimum atomic E-state index is -4.53. The Morgan fingerprint density at radius 3 is 2.14 bits per heavy atom. The van der Waals surface area contributed by atoms with E-state index in [2.05, 4.69) is 32.5 Å². The molecular formula is C12H26O8P2. The summed E-state index contributed by atoms with van der Waals surface area (Å²) in [5, 5.41) is 3.82. The first-order chi connectivity index (χ1) is 10.3. The largest absolute Gasteiger partial charge is 0.513 e. The topological polar surface area (TPSA) is 101 Å². The second kappa shape index (κ2) is 10.2. The zero-order chi connectivity index (χ0) is 16.5. The fourth-order valence-corrected chi connectivity index (χ4v) is 4.08. The molecule has 2 unspecified atom stereocenters. The van der Waals surface area contributed by atoms with Gasteiger partial charge in [0.25, 0.3) is 0 Å². The van der Waals surface area contributed by atoms with Crippen LogP contribution in [0.4, 0.5) is 0 Å². The van der Waals surface area contributed by atoms with Crippen LogP contribution >= 0.6 is 15.6 Å². The average molecular weight is 360 g/mol. The Morgan fingerprint density at radius 1 is 0.955 bits per heavy atom. The van der Waals surface area contributed by atoms with Gasteiger partial charge < -0.3 is 4.89 Å². The zero-order valence-corrected chi connectivity index (χ0v) is 14.9. The van der Waals surface area contributed by atoms with Crippen LogP contribution < -0.4 is 0 Å². The van der Waals surface area contributed by atoms with Crippen molar-refractivity contribution in [2.24, 2.45) is 5.92 Å². The molecule has 1 aliphatic heterocycles. The van der Waals surface area contributed by atoms with E-state index in [0.717, 1.165) is 25.2 Å². The van der Waals surface area contributed by atoms with Gasteiger partial charge in [-0.15, -0.1) is 0 Å². The monoisotopic (exact) mass is 360 g/mol. The van der Waals surface area contributed by atoms with Crippen molar-refractivity contribution < 1.29 is 37.2 Å². The van der Waals surface area contributed by atoms with Crippen molar-refractivity contribution in [3.63, 3.8) is 0 Å². The summed E-state index contributed by atoms with van der Waals surface area (Å²) in [7, 11) is -8.70. The lowest BCUT2D eigenvalue weighted by Gasteiger charge is -2.21. The van der Waals surface area contributed by atoms with E-state index in [1.165, 1.54) is 25.7 Å². The van der Waals surface area contributed by atoms with Crippen molar-refractivity contribution in [1.29, 1.82) is 0 Å². The smallest absolute Gasteiger partial charge is 0.301 e. The maximum Gasteiger partial charge on any atom is 0.513 e. The summed E-state index contributed by atoms with van der Waals surface area (Å²) in [6, 6.07) is 0. The lowest BCUT2D eigenvalue weighted by Crippen LogP contribution is -2.08.